The summed E-state index contributed by atoms with van der Waals surface area (Å²) >= 11 is 0. The molecular formula is C12H26B2F2O11P2. The highest BCUT2D eigenvalue weighted by atomic mass is 31.2. The lowest BCUT2D eigenvalue weighted by molar-refractivity contribution is -0.0794. The first kappa shape index (κ1) is 27.1. The van der Waals surface area contributed by atoms with Gasteiger partial charge in [-0.3, -0.25) is 18.1 Å². The molecule has 170 valence electrons. The number of phosphoric acid groups is 2. The number of aliphatic hydroxyl groups is 1. The van der Waals surface area contributed by atoms with E-state index in [1.165, 1.54) is 7.85 Å². The maximum absolute atomic E-state index is 14.2. The molecule has 3 N–H and O–H groups in total. The average Bonchev–Trinajstić information content (AvgIpc) is 2.90. The van der Waals surface area contributed by atoms with E-state index in [1.54, 1.807) is 14.8 Å². The zero-order valence-electron chi connectivity index (χ0n) is 16.4. The summed E-state index contributed by atoms with van der Waals surface area (Å²) in [5.41, 5.74) is 0. The van der Waals surface area contributed by atoms with Gasteiger partial charge in [-0.1, -0.05) is 0 Å². The molecule has 1 heterocycles. The smallest absolute Gasteiger partial charge is 0.394 e. The van der Waals surface area contributed by atoms with Crippen LogP contribution in [0.25, 0.3) is 0 Å². The Morgan fingerprint density at radius 1 is 1.24 bits per heavy atom. The minimum absolute atomic E-state index is 0.425. The summed E-state index contributed by atoms with van der Waals surface area (Å²) in [6.07, 6.45) is -7.69. The van der Waals surface area contributed by atoms with Crippen molar-refractivity contribution in [3.05, 3.63) is 0 Å². The van der Waals surface area contributed by atoms with Crippen LogP contribution in [-0.2, 0) is 36.7 Å². The molecule has 1 fully saturated rings. The van der Waals surface area contributed by atoms with Gasteiger partial charge in [0.05, 0.1) is 19.2 Å². The fourth-order valence-corrected chi connectivity index (χ4v) is 4.10. The van der Waals surface area contributed by atoms with E-state index in [0.29, 0.717) is 0 Å². The third kappa shape index (κ3) is 8.62. The Labute approximate surface area is 169 Å². The molecule has 0 bridgehead atoms. The molecular weight excluding hydrogens is 442 g/mol. The highest BCUT2D eigenvalue weighted by Gasteiger charge is 2.48. The number of hydrogen-bond donors (Lipinski definition) is 3. The average molecular weight is 468 g/mol. The van der Waals surface area contributed by atoms with Crippen molar-refractivity contribution in [2.24, 2.45) is 0 Å². The Hall–Kier alpha value is 0.0899. The van der Waals surface area contributed by atoms with Crippen molar-refractivity contribution in [3.8, 4) is 0 Å². The van der Waals surface area contributed by atoms with Crippen molar-refractivity contribution >= 4 is 31.3 Å². The fraction of sp³-hybridized carbons (Fsp3) is 1.00. The summed E-state index contributed by atoms with van der Waals surface area (Å²) in [6.45, 7) is -1.11. The van der Waals surface area contributed by atoms with E-state index < -0.39 is 78.1 Å². The topological polar surface area (TPSA) is 150 Å². The van der Waals surface area contributed by atoms with E-state index in [1.807, 2.05) is 0 Å². The van der Waals surface area contributed by atoms with Crippen LogP contribution in [0.15, 0.2) is 0 Å². The number of aliphatic hydroxyl groups excluding tert-OH is 1. The van der Waals surface area contributed by atoms with Gasteiger partial charge in [-0.05, 0) is 6.92 Å². The number of phosphoric ester groups is 2. The largest absolute Gasteiger partial charge is 0.472 e. The predicted molar refractivity (Wildman–Crippen MR) is 100 cm³/mol. The van der Waals surface area contributed by atoms with Gasteiger partial charge in [0.2, 0.25) is 0 Å². The molecule has 9 atom stereocenters. The molecule has 1 saturated heterocycles. The van der Waals surface area contributed by atoms with Crippen LogP contribution in [-0.4, -0.2) is 100 Å². The minimum atomic E-state index is -4.90. The summed E-state index contributed by atoms with van der Waals surface area (Å²) in [6, 6.07) is -1.49. The van der Waals surface area contributed by atoms with Gasteiger partial charge in [-0.2, -0.15) is 0 Å². The molecule has 17 heteroatoms. The van der Waals surface area contributed by atoms with E-state index in [9.17, 15) is 32.8 Å². The molecule has 0 aromatic heterocycles. The maximum atomic E-state index is 14.2. The van der Waals surface area contributed by atoms with Gasteiger partial charge >= 0.3 is 15.6 Å². The van der Waals surface area contributed by atoms with E-state index in [0.717, 1.165) is 7.11 Å². The summed E-state index contributed by atoms with van der Waals surface area (Å²) in [5, 5.41) is 9.28. The lowest BCUT2D eigenvalue weighted by atomic mass is 9.94. The molecule has 0 aliphatic carbocycles. The van der Waals surface area contributed by atoms with Crippen LogP contribution >= 0.6 is 15.6 Å². The number of hydrogen-bond acceptors (Lipinski definition) is 9. The summed E-state index contributed by atoms with van der Waals surface area (Å²) in [7, 11) is -5.68. The molecule has 6 unspecified atom stereocenters. The van der Waals surface area contributed by atoms with Crippen molar-refractivity contribution in [3.63, 3.8) is 0 Å². The van der Waals surface area contributed by atoms with E-state index in [4.69, 9.17) is 23.0 Å². The third-order valence-electron chi connectivity index (χ3n) is 3.87. The Bertz CT molecular complexity index is 604. The van der Waals surface area contributed by atoms with Crippen LogP contribution in [0.2, 0.25) is 0 Å². The first-order valence-corrected chi connectivity index (χ1v) is 11.7. The van der Waals surface area contributed by atoms with Crippen LogP contribution in [0.5, 0.6) is 0 Å². The molecule has 1 aliphatic heterocycles. The van der Waals surface area contributed by atoms with Crippen molar-refractivity contribution in [2.45, 2.75) is 49.5 Å². The quantitative estimate of drug-likeness (QED) is 0.218. The minimum Gasteiger partial charge on any atom is -0.394 e. The van der Waals surface area contributed by atoms with Gasteiger partial charge in [0.25, 0.3) is 0 Å². The van der Waals surface area contributed by atoms with Gasteiger partial charge in [0, 0.05) is 13.1 Å². The Morgan fingerprint density at radius 3 is 2.34 bits per heavy atom. The Morgan fingerprint density at radius 2 is 1.86 bits per heavy atom. The standard InChI is InChI=1S/C12H26B2F2O11P2/c1-6(13)24-8(4-17)7(3-15)26-29(20,21)23-5-9-11(10(16)12(14)25-9)27-28(18,19)22-2/h6-12,17H,3-5,13-14H2,1-2H3,(H,18,19)(H,20,21)/t6-,7?,8?,9?,10?,11+,12-/m1/s1. The SMILES string of the molecule is B[C@@H]1OC(COP(=O)(O)OC(CF)C(CO)O[C@@H](B)C)[C@H](OP(=O)(O)OC)C1F. The summed E-state index contributed by atoms with van der Waals surface area (Å²) < 4.78 is 79.9. The fourth-order valence-electron chi connectivity index (χ4n) is 2.52. The van der Waals surface area contributed by atoms with Gasteiger partial charge in [0.1, 0.15) is 53.0 Å². The van der Waals surface area contributed by atoms with Crippen LogP contribution in [0.3, 0.4) is 0 Å². The van der Waals surface area contributed by atoms with Crippen LogP contribution in [0, 0.1) is 0 Å². The maximum Gasteiger partial charge on any atom is 0.472 e. The Kier molecular flexibility index (Phi) is 10.9. The van der Waals surface area contributed by atoms with Crippen molar-refractivity contribution in [2.75, 3.05) is 27.0 Å². The van der Waals surface area contributed by atoms with Crippen LogP contribution in [0.4, 0.5) is 8.78 Å². The molecule has 29 heavy (non-hydrogen) atoms. The molecule has 0 aromatic carbocycles. The predicted octanol–water partition coefficient (Wildman–Crippen LogP) is -1.36. The second kappa shape index (κ2) is 11.6. The first-order valence-electron chi connectivity index (χ1n) is 8.70. The molecule has 1 aliphatic rings. The second-order valence-corrected chi connectivity index (χ2v) is 9.43. The second-order valence-electron chi connectivity index (χ2n) is 6.51. The number of rotatable bonds is 13. The van der Waals surface area contributed by atoms with Crippen molar-refractivity contribution in [1.29, 1.82) is 0 Å². The zero-order valence-corrected chi connectivity index (χ0v) is 18.2. The summed E-state index contributed by atoms with van der Waals surface area (Å²) in [5.74, 6) is 0. The van der Waals surface area contributed by atoms with Gasteiger partial charge in [0.15, 0.2) is 0 Å². The number of halogens is 2. The Balaban J connectivity index is 2.77. The molecule has 1 rings (SSSR count). The number of ether oxygens (including phenoxy) is 2. The molecule has 0 aromatic rings. The van der Waals surface area contributed by atoms with Gasteiger partial charge in [-0.15, -0.1) is 0 Å². The van der Waals surface area contributed by atoms with Gasteiger partial charge in [-0.25, -0.2) is 17.9 Å². The van der Waals surface area contributed by atoms with E-state index >= 15 is 0 Å². The molecule has 0 amide bonds. The molecule has 0 saturated carbocycles. The third-order valence-corrected chi connectivity index (χ3v) is 5.85. The lowest BCUT2D eigenvalue weighted by Gasteiger charge is -2.27. The summed E-state index contributed by atoms with van der Waals surface area (Å²) in [4.78, 5) is 19.2. The molecule has 0 radical (unpaired) electrons. The van der Waals surface area contributed by atoms with Crippen LogP contribution in [0.1, 0.15) is 6.92 Å². The van der Waals surface area contributed by atoms with E-state index in [2.05, 4.69) is 4.52 Å². The number of alkyl halides is 2. The first-order chi connectivity index (χ1) is 13.4. The lowest BCUT2D eigenvalue weighted by Crippen LogP contribution is -2.38. The molecule has 0 spiro atoms. The highest BCUT2D eigenvalue weighted by Crippen LogP contribution is 2.49. The zero-order chi connectivity index (χ0) is 22.4. The van der Waals surface area contributed by atoms with Crippen molar-refractivity contribution in [1.82, 2.24) is 0 Å². The van der Waals surface area contributed by atoms with E-state index in [-0.39, 0.29) is 0 Å². The molecule has 11 nitrogen and oxygen atoms in total. The van der Waals surface area contributed by atoms with Crippen molar-refractivity contribution < 1.29 is 60.4 Å². The normalized spacial score (nSPS) is 32.2. The highest BCUT2D eigenvalue weighted by molar-refractivity contribution is 7.47. The van der Waals surface area contributed by atoms with Gasteiger partial charge < -0.3 is 24.4 Å². The monoisotopic (exact) mass is 468 g/mol. The van der Waals surface area contributed by atoms with Crippen LogP contribution < -0.4 is 0 Å².